The third-order valence-corrected chi connectivity index (χ3v) is 3.86. The summed E-state index contributed by atoms with van der Waals surface area (Å²) in [5.74, 6) is -0.179. The number of aromatic amines is 1. The van der Waals surface area contributed by atoms with E-state index in [0.717, 1.165) is 11.0 Å². The predicted octanol–water partition coefficient (Wildman–Crippen LogP) is 4.73. The van der Waals surface area contributed by atoms with Crippen molar-refractivity contribution in [2.24, 2.45) is 0 Å². The number of imidazole rings is 1. The first-order valence-corrected chi connectivity index (χ1v) is 7.05. The molecule has 0 radical (unpaired) electrons. The van der Waals surface area contributed by atoms with E-state index in [4.69, 9.17) is 23.8 Å². The van der Waals surface area contributed by atoms with Crippen LogP contribution in [0.15, 0.2) is 42.5 Å². The molecule has 0 saturated carbocycles. The summed E-state index contributed by atoms with van der Waals surface area (Å²) in [7, 11) is 0. The van der Waals surface area contributed by atoms with Crippen LogP contribution < -0.4 is 0 Å². The second kappa shape index (κ2) is 5.38. The van der Waals surface area contributed by atoms with Gasteiger partial charge in [-0.15, -0.1) is 0 Å². The number of aromatic nitrogens is 2. The van der Waals surface area contributed by atoms with Crippen molar-refractivity contribution in [3.05, 3.63) is 63.6 Å². The van der Waals surface area contributed by atoms with Gasteiger partial charge in [-0.3, -0.25) is 0 Å². The van der Waals surface area contributed by atoms with Gasteiger partial charge in [-0.2, -0.15) is 0 Å². The molecule has 3 rings (SSSR count). The van der Waals surface area contributed by atoms with E-state index < -0.39 is 0 Å². The Bertz CT molecular complexity index is 822. The number of hydrogen-bond acceptors (Lipinski definition) is 1. The van der Waals surface area contributed by atoms with Crippen LogP contribution in [0.4, 0.5) is 4.39 Å². The minimum absolute atomic E-state index is 0.179. The molecule has 0 amide bonds. The molecule has 20 heavy (non-hydrogen) atoms. The Morgan fingerprint density at radius 2 is 2.00 bits per heavy atom. The fourth-order valence-electron chi connectivity index (χ4n) is 2.29. The molecule has 1 N–H and O–H groups in total. The fraction of sp³-hybridized carbons (Fsp3) is 0.133. The number of halogens is 2. The molecule has 1 aromatic heterocycles. The molecule has 0 atom stereocenters. The minimum Gasteiger partial charge on any atom is -0.331 e. The summed E-state index contributed by atoms with van der Waals surface area (Å²) in [4.78, 5) is 3.12. The number of H-pyrrole nitrogens is 1. The van der Waals surface area contributed by atoms with Crippen molar-refractivity contribution in [1.82, 2.24) is 9.55 Å². The molecule has 5 heteroatoms. The van der Waals surface area contributed by atoms with Crippen molar-refractivity contribution in [1.29, 1.82) is 0 Å². The Hall–Kier alpha value is -1.65. The van der Waals surface area contributed by atoms with Crippen LogP contribution in [-0.2, 0) is 13.0 Å². The molecule has 0 saturated heterocycles. The van der Waals surface area contributed by atoms with Crippen LogP contribution in [0.25, 0.3) is 11.0 Å². The van der Waals surface area contributed by atoms with Gasteiger partial charge in [0.2, 0.25) is 0 Å². The summed E-state index contributed by atoms with van der Waals surface area (Å²) in [5, 5.41) is 0.662. The zero-order valence-corrected chi connectivity index (χ0v) is 12.1. The molecule has 0 aliphatic carbocycles. The minimum atomic E-state index is -0.179. The van der Waals surface area contributed by atoms with Gasteiger partial charge in [0.25, 0.3) is 0 Å². The van der Waals surface area contributed by atoms with Crippen molar-refractivity contribution in [2.45, 2.75) is 13.0 Å². The molecular weight excluding hydrogens is 295 g/mol. The Morgan fingerprint density at radius 3 is 2.80 bits per heavy atom. The van der Waals surface area contributed by atoms with Gasteiger partial charge in [-0.1, -0.05) is 29.8 Å². The quantitative estimate of drug-likeness (QED) is 0.694. The highest BCUT2D eigenvalue weighted by Crippen LogP contribution is 2.20. The van der Waals surface area contributed by atoms with Crippen LogP contribution in [0, 0.1) is 10.6 Å². The van der Waals surface area contributed by atoms with Gasteiger partial charge in [-0.05, 0) is 48.5 Å². The molecule has 102 valence electrons. The third kappa shape index (κ3) is 2.49. The maximum Gasteiger partial charge on any atom is 0.178 e. The van der Waals surface area contributed by atoms with Crippen molar-refractivity contribution in [3.8, 4) is 0 Å². The van der Waals surface area contributed by atoms with Gasteiger partial charge >= 0.3 is 0 Å². The maximum atomic E-state index is 13.6. The Kier molecular flexibility index (Phi) is 3.59. The molecule has 3 aromatic rings. The van der Waals surface area contributed by atoms with Gasteiger partial charge in [0.1, 0.15) is 5.82 Å². The zero-order valence-electron chi connectivity index (χ0n) is 10.6. The first kappa shape index (κ1) is 13.3. The molecule has 2 aromatic carbocycles. The average Bonchev–Trinajstić information content (AvgIpc) is 2.73. The van der Waals surface area contributed by atoms with Crippen molar-refractivity contribution in [2.75, 3.05) is 0 Å². The number of aryl methyl sites for hydroxylation is 2. The van der Waals surface area contributed by atoms with Crippen molar-refractivity contribution < 1.29 is 4.39 Å². The van der Waals surface area contributed by atoms with Crippen LogP contribution >= 0.6 is 23.8 Å². The molecule has 0 aliphatic heterocycles. The van der Waals surface area contributed by atoms with Gasteiger partial charge < -0.3 is 9.55 Å². The second-order valence-electron chi connectivity index (χ2n) is 4.58. The first-order valence-electron chi connectivity index (χ1n) is 6.26. The molecule has 1 heterocycles. The summed E-state index contributed by atoms with van der Waals surface area (Å²) in [6.07, 6.45) is 0.594. The predicted molar refractivity (Wildman–Crippen MR) is 82.2 cm³/mol. The lowest BCUT2D eigenvalue weighted by Crippen LogP contribution is -2.02. The van der Waals surface area contributed by atoms with Gasteiger partial charge in [-0.25, -0.2) is 4.39 Å². The van der Waals surface area contributed by atoms with Crippen LogP contribution in [-0.4, -0.2) is 9.55 Å². The molecule has 0 fully saturated rings. The van der Waals surface area contributed by atoms with E-state index in [1.807, 2.05) is 28.8 Å². The van der Waals surface area contributed by atoms with E-state index in [1.165, 1.54) is 6.07 Å². The maximum absolute atomic E-state index is 13.6. The molecule has 0 unspecified atom stereocenters. The van der Waals surface area contributed by atoms with Crippen LogP contribution in [0.2, 0.25) is 5.02 Å². The summed E-state index contributed by atoms with van der Waals surface area (Å²) in [6.45, 7) is 0.626. The van der Waals surface area contributed by atoms with Crippen LogP contribution in [0.3, 0.4) is 0 Å². The lowest BCUT2D eigenvalue weighted by Gasteiger charge is -2.06. The molecule has 0 aliphatic rings. The Morgan fingerprint density at radius 1 is 1.20 bits per heavy atom. The highest BCUT2D eigenvalue weighted by molar-refractivity contribution is 7.71. The molecule has 2 nitrogen and oxygen atoms in total. The smallest absolute Gasteiger partial charge is 0.178 e. The average molecular weight is 307 g/mol. The highest BCUT2D eigenvalue weighted by atomic mass is 35.5. The number of benzene rings is 2. The summed E-state index contributed by atoms with van der Waals surface area (Å²) in [6, 6.07) is 12.4. The molecule has 0 bridgehead atoms. The molecule has 0 spiro atoms. The normalized spacial score (nSPS) is 11.1. The van der Waals surface area contributed by atoms with E-state index in [-0.39, 0.29) is 5.82 Å². The number of nitrogens with zero attached hydrogens (tertiary/aromatic N) is 1. The van der Waals surface area contributed by atoms with Crippen LogP contribution in [0.5, 0.6) is 0 Å². The summed E-state index contributed by atoms with van der Waals surface area (Å²) in [5.41, 5.74) is 2.57. The second-order valence-corrected chi connectivity index (χ2v) is 5.41. The monoisotopic (exact) mass is 306 g/mol. The number of nitrogens with one attached hydrogen (secondary N) is 1. The zero-order chi connectivity index (χ0) is 14.1. The van der Waals surface area contributed by atoms with E-state index in [9.17, 15) is 4.39 Å². The third-order valence-electron chi connectivity index (χ3n) is 3.30. The standard InChI is InChI=1S/C15H12ClFN2S/c16-11-5-6-14-13(9-11)18-15(20)19(14)8-7-10-3-1-2-4-12(10)17/h1-6,9H,7-8H2,(H,18,20). The lowest BCUT2D eigenvalue weighted by molar-refractivity contribution is 0.595. The van der Waals surface area contributed by atoms with Crippen molar-refractivity contribution >= 4 is 34.9 Å². The van der Waals surface area contributed by atoms with E-state index in [1.54, 1.807) is 12.1 Å². The number of fused-ring (bicyclic) bond motifs is 1. The number of hydrogen-bond donors (Lipinski definition) is 1. The van der Waals surface area contributed by atoms with Gasteiger partial charge in [0.05, 0.1) is 11.0 Å². The van der Waals surface area contributed by atoms with E-state index >= 15 is 0 Å². The topological polar surface area (TPSA) is 20.7 Å². The highest BCUT2D eigenvalue weighted by Gasteiger charge is 2.06. The van der Waals surface area contributed by atoms with Crippen LogP contribution in [0.1, 0.15) is 5.56 Å². The lowest BCUT2D eigenvalue weighted by atomic mass is 10.1. The SMILES string of the molecule is Fc1ccccc1CCn1c(=S)[nH]c2cc(Cl)ccc21. The van der Waals surface area contributed by atoms with E-state index in [2.05, 4.69) is 4.98 Å². The fourth-order valence-corrected chi connectivity index (χ4v) is 2.76. The number of rotatable bonds is 3. The molecular formula is C15H12ClFN2S. The Labute approximate surface area is 125 Å². The largest absolute Gasteiger partial charge is 0.331 e. The first-order chi connectivity index (χ1) is 9.65. The van der Waals surface area contributed by atoms with Gasteiger partial charge in [0.15, 0.2) is 4.77 Å². The van der Waals surface area contributed by atoms with E-state index in [0.29, 0.717) is 28.3 Å². The summed E-state index contributed by atoms with van der Waals surface area (Å²) < 4.78 is 16.2. The Balaban J connectivity index is 1.94. The van der Waals surface area contributed by atoms with Gasteiger partial charge in [0, 0.05) is 11.6 Å². The van der Waals surface area contributed by atoms with Crippen molar-refractivity contribution in [3.63, 3.8) is 0 Å². The summed E-state index contributed by atoms with van der Waals surface area (Å²) >= 11 is 11.3.